The predicted octanol–water partition coefficient (Wildman–Crippen LogP) is 0.311. The zero-order valence-electron chi connectivity index (χ0n) is 10.2. The fourth-order valence-corrected chi connectivity index (χ4v) is 1.26. The van der Waals surface area contributed by atoms with E-state index in [9.17, 15) is 9.59 Å². The third kappa shape index (κ3) is 6.10. The molecule has 0 spiro atoms. The Kier molecular flexibility index (Phi) is 5.92. The van der Waals surface area contributed by atoms with Gasteiger partial charge in [0.15, 0.2) is 6.61 Å². The highest BCUT2D eigenvalue weighted by Crippen LogP contribution is 2.17. The van der Waals surface area contributed by atoms with Crippen molar-refractivity contribution < 1.29 is 19.4 Å². The highest BCUT2D eigenvalue weighted by Gasteiger charge is 2.03. The number of carbonyl (C=O) groups excluding carboxylic acids is 1. The number of nitrogens with one attached hydrogen (secondary N) is 2. The van der Waals surface area contributed by atoms with Gasteiger partial charge in [0, 0.05) is 11.8 Å². The fourth-order valence-electron chi connectivity index (χ4n) is 1.26. The van der Waals surface area contributed by atoms with E-state index in [-0.39, 0.29) is 12.5 Å². The molecular weight excluding hydrogens is 248 g/mol. The average Bonchev–Trinajstić information content (AvgIpc) is 2.37. The summed E-state index contributed by atoms with van der Waals surface area (Å²) in [5.41, 5.74) is 0.524. The van der Waals surface area contributed by atoms with Crippen LogP contribution in [0.2, 0.25) is 0 Å². The van der Waals surface area contributed by atoms with Crippen LogP contribution >= 0.6 is 0 Å². The maximum Gasteiger partial charge on any atom is 0.341 e. The molecule has 1 aromatic carbocycles. The molecule has 0 fully saturated rings. The Bertz CT molecular complexity index is 494. The van der Waals surface area contributed by atoms with Crippen molar-refractivity contribution in [1.82, 2.24) is 5.32 Å². The van der Waals surface area contributed by atoms with Gasteiger partial charge in [-0.3, -0.25) is 10.1 Å². The summed E-state index contributed by atoms with van der Waals surface area (Å²) in [7, 11) is 0. The summed E-state index contributed by atoms with van der Waals surface area (Å²) in [6, 6.07) is 6.48. The van der Waals surface area contributed by atoms with Crippen molar-refractivity contribution in [3.8, 4) is 18.1 Å². The normalized spacial score (nSPS) is 9.42. The minimum atomic E-state index is -1.06. The average molecular weight is 262 g/mol. The monoisotopic (exact) mass is 262 g/mol. The third-order valence-corrected chi connectivity index (χ3v) is 1.99. The Morgan fingerprint density at radius 1 is 1.42 bits per heavy atom. The lowest BCUT2D eigenvalue weighted by atomic mass is 10.3. The van der Waals surface area contributed by atoms with E-state index in [0.29, 0.717) is 18.0 Å². The highest BCUT2D eigenvalue weighted by molar-refractivity contribution is 5.92. The van der Waals surface area contributed by atoms with Gasteiger partial charge in [0.05, 0.1) is 13.1 Å². The molecule has 6 nitrogen and oxygen atoms in total. The van der Waals surface area contributed by atoms with E-state index in [4.69, 9.17) is 16.3 Å². The Morgan fingerprint density at radius 2 is 2.21 bits per heavy atom. The van der Waals surface area contributed by atoms with Gasteiger partial charge < -0.3 is 15.2 Å². The second-order valence-electron chi connectivity index (χ2n) is 3.57. The van der Waals surface area contributed by atoms with Crippen LogP contribution in [0.5, 0.6) is 5.75 Å². The molecule has 3 N–H and O–H groups in total. The Morgan fingerprint density at radius 3 is 2.89 bits per heavy atom. The first kappa shape index (κ1) is 14.5. The molecule has 0 atom stereocenters. The Balaban J connectivity index is 2.49. The molecule has 0 radical (unpaired) electrons. The van der Waals surface area contributed by atoms with Gasteiger partial charge in [-0.05, 0) is 12.1 Å². The number of amides is 1. The zero-order valence-corrected chi connectivity index (χ0v) is 10.2. The molecule has 19 heavy (non-hydrogen) atoms. The van der Waals surface area contributed by atoms with Crippen molar-refractivity contribution in [3.63, 3.8) is 0 Å². The summed E-state index contributed by atoms with van der Waals surface area (Å²) in [4.78, 5) is 21.9. The number of ether oxygens (including phenoxy) is 1. The topological polar surface area (TPSA) is 87.7 Å². The quantitative estimate of drug-likeness (QED) is 0.486. The molecule has 1 rings (SSSR count). The molecule has 0 aliphatic carbocycles. The highest BCUT2D eigenvalue weighted by atomic mass is 16.5. The number of hydrogen-bond acceptors (Lipinski definition) is 4. The van der Waals surface area contributed by atoms with Gasteiger partial charge in [-0.25, -0.2) is 4.79 Å². The van der Waals surface area contributed by atoms with Gasteiger partial charge in [0.1, 0.15) is 5.75 Å². The van der Waals surface area contributed by atoms with Crippen LogP contribution in [0.4, 0.5) is 5.69 Å². The maximum atomic E-state index is 11.5. The number of hydrogen-bond donors (Lipinski definition) is 3. The molecule has 0 unspecified atom stereocenters. The third-order valence-electron chi connectivity index (χ3n) is 1.99. The van der Waals surface area contributed by atoms with E-state index < -0.39 is 12.6 Å². The summed E-state index contributed by atoms with van der Waals surface area (Å²) in [5, 5.41) is 13.9. The molecule has 1 aromatic rings. The molecule has 0 saturated carbocycles. The van der Waals surface area contributed by atoms with Crippen LogP contribution in [0.15, 0.2) is 24.3 Å². The van der Waals surface area contributed by atoms with Crippen molar-refractivity contribution in [3.05, 3.63) is 24.3 Å². The fraction of sp³-hybridized carbons (Fsp3) is 0.231. The number of carbonyl (C=O) groups is 2. The first-order valence-corrected chi connectivity index (χ1v) is 5.50. The molecule has 6 heteroatoms. The molecule has 0 heterocycles. The summed E-state index contributed by atoms with van der Waals surface area (Å²) < 4.78 is 5.00. The molecular formula is C13H14N2O4. The van der Waals surface area contributed by atoms with Crippen molar-refractivity contribution in [2.75, 3.05) is 25.0 Å². The zero-order chi connectivity index (χ0) is 14.1. The molecule has 1 amide bonds. The van der Waals surface area contributed by atoms with Crippen LogP contribution in [0, 0.1) is 12.3 Å². The number of carboxylic acids is 1. The number of aliphatic carboxylic acids is 1. The predicted molar refractivity (Wildman–Crippen MR) is 69.9 cm³/mol. The minimum Gasteiger partial charge on any atom is -0.482 e. The molecule has 0 aliphatic heterocycles. The van der Waals surface area contributed by atoms with Crippen LogP contribution in [0.1, 0.15) is 0 Å². The summed E-state index contributed by atoms with van der Waals surface area (Å²) in [6.45, 7) is -0.0132. The molecule has 100 valence electrons. The Hall–Kier alpha value is -2.52. The number of benzene rings is 1. The van der Waals surface area contributed by atoms with Crippen molar-refractivity contribution >= 4 is 17.6 Å². The number of terminal acetylenes is 1. The number of carboxylic acid groups (broad SMARTS) is 1. The minimum absolute atomic E-state index is 0.102. The number of anilines is 1. The van der Waals surface area contributed by atoms with E-state index in [1.807, 2.05) is 0 Å². The lowest BCUT2D eigenvalue weighted by Crippen LogP contribution is -2.28. The van der Waals surface area contributed by atoms with Gasteiger partial charge in [-0.2, -0.15) is 0 Å². The summed E-state index contributed by atoms with van der Waals surface area (Å²) in [5.74, 6) is 1.42. The van der Waals surface area contributed by atoms with Crippen molar-refractivity contribution in [1.29, 1.82) is 0 Å². The molecule has 0 aromatic heterocycles. The van der Waals surface area contributed by atoms with E-state index in [2.05, 4.69) is 16.6 Å². The van der Waals surface area contributed by atoms with Gasteiger partial charge >= 0.3 is 5.97 Å². The van der Waals surface area contributed by atoms with E-state index in [0.717, 1.165) is 0 Å². The summed E-state index contributed by atoms with van der Waals surface area (Å²) in [6.07, 6.45) is 5.04. The van der Waals surface area contributed by atoms with Crippen LogP contribution in [0.25, 0.3) is 0 Å². The van der Waals surface area contributed by atoms with Gasteiger partial charge in [-0.15, -0.1) is 6.42 Å². The second kappa shape index (κ2) is 7.74. The maximum absolute atomic E-state index is 11.5. The Labute approximate surface area is 110 Å². The van der Waals surface area contributed by atoms with Gasteiger partial charge in [-0.1, -0.05) is 12.0 Å². The van der Waals surface area contributed by atoms with E-state index in [1.54, 1.807) is 24.3 Å². The SMILES string of the molecule is C#CCNCC(=O)Nc1cccc(OCC(=O)O)c1. The van der Waals surface area contributed by atoms with E-state index >= 15 is 0 Å². The van der Waals surface area contributed by atoms with Gasteiger partial charge in [0.25, 0.3) is 0 Å². The van der Waals surface area contributed by atoms with Crippen molar-refractivity contribution in [2.24, 2.45) is 0 Å². The van der Waals surface area contributed by atoms with E-state index in [1.165, 1.54) is 0 Å². The first-order valence-electron chi connectivity index (χ1n) is 5.50. The second-order valence-corrected chi connectivity index (χ2v) is 3.57. The molecule has 0 aliphatic rings. The lowest BCUT2D eigenvalue weighted by Gasteiger charge is -2.08. The van der Waals surface area contributed by atoms with Crippen LogP contribution in [-0.4, -0.2) is 36.7 Å². The number of rotatable bonds is 7. The van der Waals surface area contributed by atoms with Crippen LogP contribution < -0.4 is 15.4 Å². The molecule has 0 saturated heterocycles. The summed E-state index contributed by atoms with van der Waals surface area (Å²) >= 11 is 0. The first-order chi connectivity index (χ1) is 9.11. The largest absolute Gasteiger partial charge is 0.482 e. The lowest BCUT2D eigenvalue weighted by molar-refractivity contribution is -0.139. The van der Waals surface area contributed by atoms with Gasteiger partial charge in [0.2, 0.25) is 5.91 Å². The van der Waals surface area contributed by atoms with Crippen molar-refractivity contribution in [2.45, 2.75) is 0 Å². The van der Waals surface area contributed by atoms with Crippen LogP contribution in [-0.2, 0) is 9.59 Å². The van der Waals surface area contributed by atoms with Crippen LogP contribution in [0.3, 0.4) is 0 Å². The molecule has 0 bridgehead atoms. The smallest absolute Gasteiger partial charge is 0.341 e. The standard InChI is InChI=1S/C13H14N2O4/c1-2-6-14-8-12(16)15-10-4-3-5-11(7-10)19-9-13(17)18/h1,3-5,7,14H,6,8-9H2,(H,15,16)(H,17,18).